The van der Waals surface area contributed by atoms with Gasteiger partial charge in [0, 0.05) is 12.6 Å². The van der Waals surface area contributed by atoms with Gasteiger partial charge in [0.2, 0.25) is 0 Å². The number of hydrogen-bond donors (Lipinski definition) is 2. The number of hydrogen-bond acceptors (Lipinski definition) is 3. The van der Waals surface area contributed by atoms with Gasteiger partial charge in [0.05, 0.1) is 5.56 Å². The third-order valence-electron chi connectivity index (χ3n) is 2.79. The number of halogens is 1. The first-order chi connectivity index (χ1) is 9.06. The molecular formula is C13H14FNO4. The topological polar surface area (TPSA) is 75.6 Å². The molecule has 0 aliphatic heterocycles. The number of carboxylic acids is 1. The predicted octanol–water partition coefficient (Wildman–Crippen LogP) is 1.43. The molecule has 2 rings (SSSR count). The Balaban J connectivity index is 2.07. The Kier molecular flexibility index (Phi) is 3.99. The van der Waals surface area contributed by atoms with Crippen LogP contribution in [0.5, 0.6) is 5.75 Å². The molecule has 1 saturated carbocycles. The fourth-order valence-corrected chi connectivity index (χ4v) is 1.60. The summed E-state index contributed by atoms with van der Waals surface area (Å²) >= 11 is 0. The normalized spacial score (nSPS) is 13.9. The highest BCUT2D eigenvalue weighted by Crippen LogP contribution is 2.28. The van der Waals surface area contributed by atoms with Gasteiger partial charge in [-0.25, -0.2) is 9.18 Å². The first-order valence-electron chi connectivity index (χ1n) is 5.98. The number of carbonyl (C=O) groups is 2. The van der Waals surface area contributed by atoms with E-state index in [1.54, 1.807) is 0 Å². The van der Waals surface area contributed by atoms with Crippen LogP contribution in [-0.2, 0) is 4.79 Å². The van der Waals surface area contributed by atoms with E-state index in [1.807, 2.05) is 0 Å². The quantitative estimate of drug-likeness (QED) is 0.817. The molecule has 0 aromatic heterocycles. The minimum atomic E-state index is -1.19. The number of amides is 1. The number of carbonyl (C=O) groups excluding carboxylic acids is 1. The van der Waals surface area contributed by atoms with Crippen molar-refractivity contribution in [1.29, 1.82) is 0 Å². The van der Waals surface area contributed by atoms with Crippen molar-refractivity contribution < 1.29 is 23.8 Å². The Labute approximate surface area is 109 Å². The maximum atomic E-state index is 13.1. The van der Waals surface area contributed by atoms with Crippen LogP contribution in [0.15, 0.2) is 18.2 Å². The van der Waals surface area contributed by atoms with E-state index < -0.39 is 18.4 Å². The fourth-order valence-electron chi connectivity index (χ4n) is 1.60. The van der Waals surface area contributed by atoms with Gasteiger partial charge in [0.1, 0.15) is 11.6 Å². The predicted molar refractivity (Wildman–Crippen MR) is 64.6 cm³/mol. The Morgan fingerprint density at radius 2 is 2.16 bits per heavy atom. The van der Waals surface area contributed by atoms with Crippen molar-refractivity contribution in [2.24, 2.45) is 5.92 Å². The Bertz CT molecular complexity index is 499. The lowest BCUT2D eigenvalue weighted by Gasteiger charge is -2.10. The zero-order chi connectivity index (χ0) is 13.8. The lowest BCUT2D eigenvalue weighted by atomic mass is 10.2. The van der Waals surface area contributed by atoms with E-state index in [4.69, 9.17) is 9.84 Å². The lowest BCUT2D eigenvalue weighted by molar-refractivity contribution is -0.139. The molecule has 0 unspecified atom stereocenters. The summed E-state index contributed by atoms with van der Waals surface area (Å²) in [5, 5.41) is 11.3. The molecule has 0 radical (unpaired) electrons. The van der Waals surface area contributed by atoms with Gasteiger partial charge in [-0.2, -0.15) is 0 Å². The van der Waals surface area contributed by atoms with Crippen LogP contribution < -0.4 is 10.1 Å². The summed E-state index contributed by atoms with van der Waals surface area (Å²) in [5.74, 6) is -1.69. The molecule has 1 aliphatic carbocycles. The Morgan fingerprint density at radius 3 is 2.79 bits per heavy atom. The van der Waals surface area contributed by atoms with Gasteiger partial charge in [0.15, 0.2) is 6.61 Å². The maximum absolute atomic E-state index is 13.1. The zero-order valence-electron chi connectivity index (χ0n) is 10.2. The molecule has 1 amide bonds. The van der Waals surface area contributed by atoms with E-state index in [-0.39, 0.29) is 17.2 Å². The molecule has 1 aromatic carbocycles. The summed E-state index contributed by atoms with van der Waals surface area (Å²) in [6.45, 7) is -0.0407. The second-order valence-corrected chi connectivity index (χ2v) is 4.48. The van der Waals surface area contributed by atoms with E-state index in [0.717, 1.165) is 25.0 Å². The molecule has 0 saturated heterocycles. The molecule has 1 fully saturated rings. The minimum absolute atomic E-state index is 0.0595. The van der Waals surface area contributed by atoms with Crippen LogP contribution in [0, 0.1) is 11.7 Å². The van der Waals surface area contributed by atoms with Crippen molar-refractivity contribution in [3.63, 3.8) is 0 Å². The third kappa shape index (κ3) is 3.94. The molecule has 0 bridgehead atoms. The standard InChI is InChI=1S/C13H14FNO4/c14-9-3-4-10(11(5-9)19-7-12(16)17)13(18)15-6-8-1-2-8/h3-5,8H,1-2,6-7H2,(H,15,18)(H,16,17). The van der Waals surface area contributed by atoms with Crippen LogP contribution in [0.2, 0.25) is 0 Å². The second kappa shape index (κ2) is 5.69. The number of carboxylic acid groups (broad SMARTS) is 1. The molecule has 5 nitrogen and oxygen atoms in total. The van der Waals surface area contributed by atoms with Crippen molar-refractivity contribution in [3.8, 4) is 5.75 Å². The number of benzene rings is 1. The van der Waals surface area contributed by atoms with Gasteiger partial charge in [-0.15, -0.1) is 0 Å². The summed E-state index contributed by atoms with van der Waals surface area (Å²) in [7, 11) is 0. The molecule has 1 aromatic rings. The highest BCUT2D eigenvalue weighted by atomic mass is 19.1. The van der Waals surface area contributed by atoms with Crippen LogP contribution in [0.3, 0.4) is 0 Å². The highest BCUT2D eigenvalue weighted by Gasteiger charge is 2.23. The van der Waals surface area contributed by atoms with Crippen molar-refractivity contribution in [1.82, 2.24) is 5.32 Å². The van der Waals surface area contributed by atoms with Crippen molar-refractivity contribution >= 4 is 11.9 Å². The summed E-state index contributed by atoms with van der Waals surface area (Å²) in [6, 6.07) is 3.43. The SMILES string of the molecule is O=C(O)COc1cc(F)ccc1C(=O)NCC1CC1. The molecule has 2 N–H and O–H groups in total. The van der Waals surface area contributed by atoms with E-state index in [1.165, 1.54) is 6.07 Å². The second-order valence-electron chi connectivity index (χ2n) is 4.48. The average Bonchev–Trinajstić information content (AvgIpc) is 3.17. The number of ether oxygens (including phenoxy) is 1. The van der Waals surface area contributed by atoms with Crippen molar-refractivity contribution in [3.05, 3.63) is 29.6 Å². The third-order valence-corrected chi connectivity index (χ3v) is 2.79. The van der Waals surface area contributed by atoms with Gasteiger partial charge in [-0.1, -0.05) is 0 Å². The molecule has 0 spiro atoms. The van der Waals surface area contributed by atoms with Crippen LogP contribution in [0.4, 0.5) is 4.39 Å². The van der Waals surface area contributed by atoms with Crippen LogP contribution in [0.25, 0.3) is 0 Å². The van der Waals surface area contributed by atoms with E-state index in [9.17, 15) is 14.0 Å². The van der Waals surface area contributed by atoms with Gasteiger partial charge < -0.3 is 15.2 Å². The molecular weight excluding hydrogens is 253 g/mol. The number of rotatable bonds is 6. The van der Waals surface area contributed by atoms with Crippen LogP contribution >= 0.6 is 0 Å². The number of aliphatic carboxylic acids is 1. The van der Waals surface area contributed by atoms with Crippen molar-refractivity contribution in [2.45, 2.75) is 12.8 Å². The molecule has 0 heterocycles. The fraction of sp³-hybridized carbons (Fsp3) is 0.385. The molecule has 1 aliphatic rings. The van der Waals surface area contributed by atoms with E-state index >= 15 is 0 Å². The summed E-state index contributed by atoms with van der Waals surface area (Å²) < 4.78 is 18.0. The molecule has 6 heteroatoms. The number of nitrogens with one attached hydrogen (secondary N) is 1. The van der Waals surface area contributed by atoms with Gasteiger partial charge in [-0.05, 0) is 30.9 Å². The molecule has 102 valence electrons. The monoisotopic (exact) mass is 267 g/mol. The van der Waals surface area contributed by atoms with Crippen LogP contribution in [-0.4, -0.2) is 30.1 Å². The first kappa shape index (κ1) is 13.3. The Hall–Kier alpha value is -2.11. The lowest BCUT2D eigenvalue weighted by Crippen LogP contribution is -2.26. The average molecular weight is 267 g/mol. The van der Waals surface area contributed by atoms with Gasteiger partial charge in [0.25, 0.3) is 5.91 Å². The van der Waals surface area contributed by atoms with Crippen molar-refractivity contribution in [2.75, 3.05) is 13.2 Å². The molecule has 19 heavy (non-hydrogen) atoms. The Morgan fingerprint density at radius 1 is 1.42 bits per heavy atom. The first-order valence-corrected chi connectivity index (χ1v) is 5.98. The largest absolute Gasteiger partial charge is 0.481 e. The summed E-state index contributed by atoms with van der Waals surface area (Å²) in [6.07, 6.45) is 2.21. The zero-order valence-corrected chi connectivity index (χ0v) is 10.2. The van der Waals surface area contributed by atoms with E-state index in [0.29, 0.717) is 12.5 Å². The minimum Gasteiger partial charge on any atom is -0.481 e. The highest BCUT2D eigenvalue weighted by molar-refractivity contribution is 5.97. The summed E-state index contributed by atoms with van der Waals surface area (Å²) in [5.41, 5.74) is 0.142. The summed E-state index contributed by atoms with van der Waals surface area (Å²) in [4.78, 5) is 22.3. The van der Waals surface area contributed by atoms with Gasteiger partial charge in [-0.3, -0.25) is 4.79 Å². The van der Waals surface area contributed by atoms with Gasteiger partial charge >= 0.3 is 5.97 Å². The smallest absolute Gasteiger partial charge is 0.341 e. The maximum Gasteiger partial charge on any atom is 0.341 e. The van der Waals surface area contributed by atoms with Crippen LogP contribution in [0.1, 0.15) is 23.2 Å². The molecule has 0 atom stereocenters. The van der Waals surface area contributed by atoms with E-state index in [2.05, 4.69) is 5.32 Å².